The van der Waals surface area contributed by atoms with Gasteiger partial charge in [0.05, 0.1) is 36.5 Å². The van der Waals surface area contributed by atoms with Crippen LogP contribution in [0.15, 0.2) is 36.5 Å². The Labute approximate surface area is 227 Å². The van der Waals surface area contributed by atoms with Gasteiger partial charge in [-0.25, -0.2) is 13.8 Å². The number of amides is 1. The Morgan fingerprint density at radius 1 is 0.974 bits per heavy atom. The predicted octanol–water partition coefficient (Wildman–Crippen LogP) is 5.20. The molecule has 206 valence electrons. The van der Waals surface area contributed by atoms with Gasteiger partial charge in [0.25, 0.3) is 5.91 Å². The van der Waals surface area contributed by atoms with Crippen LogP contribution in [-0.2, 0) is 4.74 Å². The summed E-state index contributed by atoms with van der Waals surface area (Å²) in [6.45, 7) is 9.23. The van der Waals surface area contributed by atoms with Gasteiger partial charge in [0.1, 0.15) is 17.5 Å². The number of carbonyl (C=O) groups is 1. The number of ether oxygens (including phenoxy) is 1. The van der Waals surface area contributed by atoms with Gasteiger partial charge in [-0.2, -0.15) is 0 Å². The average Bonchev–Trinajstić information content (AvgIpc) is 3.41. The summed E-state index contributed by atoms with van der Waals surface area (Å²) in [5, 5.41) is 0. The SMILES string of the molecule is CC1CC(C)CN(C(=O)c2cc(C3CCCN3c3cc(F)cc(F)c3)c3nc(N4CCOCC4)cnc3c2)C1. The van der Waals surface area contributed by atoms with E-state index in [1.54, 1.807) is 6.20 Å². The molecule has 4 heterocycles. The molecule has 3 fully saturated rings. The van der Waals surface area contributed by atoms with Crippen molar-refractivity contribution in [1.82, 2.24) is 14.9 Å². The monoisotopic (exact) mass is 535 g/mol. The van der Waals surface area contributed by atoms with Gasteiger partial charge in [-0.1, -0.05) is 13.8 Å². The van der Waals surface area contributed by atoms with E-state index in [2.05, 4.69) is 18.7 Å². The molecular formula is C30H35F2N5O2. The third-order valence-corrected chi connectivity index (χ3v) is 8.19. The molecule has 0 bridgehead atoms. The largest absolute Gasteiger partial charge is 0.378 e. The minimum atomic E-state index is -0.604. The van der Waals surface area contributed by atoms with E-state index < -0.39 is 11.6 Å². The molecule has 2 aromatic carbocycles. The highest BCUT2D eigenvalue weighted by Crippen LogP contribution is 2.40. The summed E-state index contributed by atoms with van der Waals surface area (Å²) in [6.07, 6.45) is 4.53. The van der Waals surface area contributed by atoms with Crippen LogP contribution in [0.3, 0.4) is 0 Å². The summed E-state index contributed by atoms with van der Waals surface area (Å²) >= 11 is 0. The number of nitrogens with zero attached hydrogens (tertiary/aromatic N) is 5. The van der Waals surface area contributed by atoms with Gasteiger partial charge >= 0.3 is 0 Å². The van der Waals surface area contributed by atoms with E-state index in [0.717, 1.165) is 68.4 Å². The first-order valence-electron chi connectivity index (χ1n) is 14.0. The first-order valence-corrected chi connectivity index (χ1v) is 14.0. The quantitative estimate of drug-likeness (QED) is 0.458. The number of anilines is 2. The Kier molecular flexibility index (Phi) is 7.10. The summed E-state index contributed by atoms with van der Waals surface area (Å²) in [5.74, 6) is 0.450. The van der Waals surface area contributed by atoms with Crippen molar-refractivity contribution in [3.05, 3.63) is 59.3 Å². The van der Waals surface area contributed by atoms with Crippen molar-refractivity contribution in [1.29, 1.82) is 0 Å². The van der Waals surface area contributed by atoms with Gasteiger partial charge in [-0.3, -0.25) is 9.78 Å². The molecule has 1 amide bonds. The van der Waals surface area contributed by atoms with E-state index >= 15 is 0 Å². The molecule has 3 aromatic rings. The number of aromatic nitrogens is 2. The van der Waals surface area contributed by atoms with Crippen molar-refractivity contribution >= 4 is 28.4 Å². The van der Waals surface area contributed by atoms with Crippen molar-refractivity contribution in [2.75, 3.05) is 55.7 Å². The number of fused-ring (bicyclic) bond motifs is 1. The minimum absolute atomic E-state index is 0.00282. The molecule has 0 radical (unpaired) electrons. The van der Waals surface area contributed by atoms with Crippen LogP contribution in [0.25, 0.3) is 11.0 Å². The van der Waals surface area contributed by atoms with Crippen molar-refractivity contribution < 1.29 is 18.3 Å². The molecule has 3 saturated heterocycles. The second kappa shape index (κ2) is 10.7. The van der Waals surface area contributed by atoms with Gasteiger partial charge in [-0.05, 0) is 55.4 Å². The molecule has 1 aromatic heterocycles. The Hall–Kier alpha value is -3.33. The second-order valence-corrected chi connectivity index (χ2v) is 11.4. The van der Waals surface area contributed by atoms with Crippen LogP contribution in [-0.4, -0.2) is 66.7 Å². The standard InChI is InChI=1S/C30H35F2N5O2/c1-19-10-20(2)18-36(17-19)30(38)21-11-25(27-4-3-5-37(27)24-14-22(31)13-23(32)15-24)29-26(12-21)33-16-28(34-29)35-6-8-39-9-7-35/h11-16,19-20,27H,3-10,17-18H2,1-2H3. The lowest BCUT2D eigenvalue weighted by atomic mass is 9.91. The van der Waals surface area contributed by atoms with Crippen molar-refractivity contribution in [2.45, 2.75) is 39.2 Å². The van der Waals surface area contributed by atoms with Crippen LogP contribution in [0, 0.1) is 23.5 Å². The molecule has 0 N–H and O–H groups in total. The summed E-state index contributed by atoms with van der Waals surface area (Å²) in [7, 11) is 0. The number of rotatable bonds is 4. The molecule has 39 heavy (non-hydrogen) atoms. The highest BCUT2D eigenvalue weighted by Gasteiger charge is 2.32. The number of likely N-dealkylation sites (tertiary alicyclic amines) is 1. The molecule has 0 aliphatic carbocycles. The summed E-state index contributed by atoms with van der Waals surface area (Å²) < 4.78 is 33.9. The maximum absolute atomic E-state index is 14.2. The zero-order valence-electron chi connectivity index (χ0n) is 22.6. The molecule has 0 saturated carbocycles. The van der Waals surface area contributed by atoms with E-state index in [0.29, 0.717) is 48.4 Å². The van der Waals surface area contributed by atoms with E-state index in [-0.39, 0.29) is 11.9 Å². The van der Waals surface area contributed by atoms with E-state index in [1.165, 1.54) is 12.1 Å². The lowest BCUT2D eigenvalue weighted by Gasteiger charge is -2.35. The highest BCUT2D eigenvalue weighted by atomic mass is 19.1. The zero-order valence-corrected chi connectivity index (χ0v) is 22.6. The van der Waals surface area contributed by atoms with Crippen molar-refractivity contribution in [3.8, 4) is 0 Å². The number of carbonyl (C=O) groups excluding carboxylic acids is 1. The fourth-order valence-corrected chi connectivity index (χ4v) is 6.57. The molecule has 3 atom stereocenters. The Bertz CT molecular complexity index is 1350. The first-order chi connectivity index (χ1) is 18.9. The fraction of sp³-hybridized carbons (Fsp3) is 0.500. The molecule has 6 rings (SSSR count). The molecule has 3 aliphatic rings. The number of morpholine rings is 1. The summed E-state index contributed by atoms with van der Waals surface area (Å²) in [5.41, 5.74) is 3.34. The third-order valence-electron chi connectivity index (χ3n) is 8.19. The minimum Gasteiger partial charge on any atom is -0.378 e. The maximum Gasteiger partial charge on any atom is 0.253 e. The van der Waals surface area contributed by atoms with Gasteiger partial charge in [0.2, 0.25) is 0 Å². The molecule has 9 heteroatoms. The first kappa shape index (κ1) is 25.9. The van der Waals surface area contributed by atoms with Crippen LogP contribution in [0.4, 0.5) is 20.3 Å². The Morgan fingerprint density at radius 3 is 2.41 bits per heavy atom. The zero-order chi connectivity index (χ0) is 27.1. The van der Waals surface area contributed by atoms with Gasteiger partial charge in [-0.15, -0.1) is 0 Å². The average molecular weight is 536 g/mol. The van der Waals surface area contributed by atoms with Crippen LogP contribution < -0.4 is 9.80 Å². The Morgan fingerprint density at radius 2 is 1.69 bits per heavy atom. The van der Waals surface area contributed by atoms with Crippen molar-refractivity contribution in [2.24, 2.45) is 11.8 Å². The topological polar surface area (TPSA) is 61.8 Å². The van der Waals surface area contributed by atoms with Crippen LogP contribution >= 0.6 is 0 Å². The Balaban J connectivity index is 1.45. The van der Waals surface area contributed by atoms with Gasteiger partial charge in [0, 0.05) is 55.6 Å². The smallest absolute Gasteiger partial charge is 0.253 e. The number of halogens is 2. The number of hydrogen-bond acceptors (Lipinski definition) is 6. The fourth-order valence-electron chi connectivity index (χ4n) is 6.57. The molecule has 3 aliphatic heterocycles. The van der Waals surface area contributed by atoms with Gasteiger partial charge < -0.3 is 19.4 Å². The predicted molar refractivity (Wildman–Crippen MR) is 147 cm³/mol. The number of hydrogen-bond donors (Lipinski definition) is 0. The molecular weight excluding hydrogens is 500 g/mol. The maximum atomic E-state index is 14.2. The molecule has 0 spiro atoms. The number of piperidine rings is 1. The third kappa shape index (κ3) is 5.29. The van der Waals surface area contributed by atoms with Crippen LogP contribution in [0.5, 0.6) is 0 Å². The lowest BCUT2D eigenvalue weighted by Crippen LogP contribution is -2.42. The van der Waals surface area contributed by atoms with E-state index in [4.69, 9.17) is 14.7 Å². The van der Waals surface area contributed by atoms with Gasteiger partial charge in [0.15, 0.2) is 0 Å². The summed E-state index contributed by atoms with van der Waals surface area (Å²) in [6, 6.07) is 7.26. The van der Waals surface area contributed by atoms with E-state index in [1.807, 2.05) is 21.9 Å². The number of benzene rings is 2. The van der Waals surface area contributed by atoms with Crippen LogP contribution in [0.1, 0.15) is 55.1 Å². The normalized spacial score (nSPS) is 24.0. The second-order valence-electron chi connectivity index (χ2n) is 11.4. The highest BCUT2D eigenvalue weighted by molar-refractivity contribution is 5.98. The van der Waals surface area contributed by atoms with E-state index in [9.17, 15) is 13.6 Å². The van der Waals surface area contributed by atoms with Crippen LogP contribution in [0.2, 0.25) is 0 Å². The molecule has 7 nitrogen and oxygen atoms in total. The molecule has 3 unspecified atom stereocenters. The summed E-state index contributed by atoms with van der Waals surface area (Å²) in [4.78, 5) is 29.8. The lowest BCUT2D eigenvalue weighted by molar-refractivity contribution is 0.0623. The van der Waals surface area contributed by atoms with Crippen molar-refractivity contribution in [3.63, 3.8) is 0 Å².